The van der Waals surface area contributed by atoms with Crippen molar-refractivity contribution in [3.8, 4) is 0 Å². The molecule has 2 aromatic rings. The van der Waals surface area contributed by atoms with E-state index in [-0.39, 0.29) is 5.91 Å². The molecule has 1 saturated heterocycles. The first-order valence-electron chi connectivity index (χ1n) is 8.43. The molecule has 0 N–H and O–H groups in total. The molecule has 2 fully saturated rings. The van der Waals surface area contributed by atoms with Crippen molar-refractivity contribution in [3.05, 3.63) is 47.9 Å². The van der Waals surface area contributed by atoms with E-state index in [0.29, 0.717) is 17.5 Å². The SMILES string of the molecule is O=C(c1ccnc(C2CCCC2)n1)N1CC(Cc2ccoc2)C1. The number of nitrogens with zero attached hydrogens (tertiary/aromatic N) is 3. The fourth-order valence-electron chi connectivity index (χ4n) is 3.64. The number of amides is 1. The van der Waals surface area contributed by atoms with Crippen LogP contribution in [0.4, 0.5) is 0 Å². The average molecular weight is 311 g/mol. The molecule has 4 rings (SSSR count). The summed E-state index contributed by atoms with van der Waals surface area (Å²) in [5, 5.41) is 0. The molecule has 0 atom stereocenters. The number of aromatic nitrogens is 2. The summed E-state index contributed by atoms with van der Waals surface area (Å²) < 4.78 is 5.09. The summed E-state index contributed by atoms with van der Waals surface area (Å²) in [6.45, 7) is 1.60. The van der Waals surface area contributed by atoms with Gasteiger partial charge in [0.15, 0.2) is 0 Å². The standard InChI is InChI=1S/C18H21N3O2/c22-18(21-10-14(11-21)9-13-6-8-23-12-13)16-5-7-19-17(20-16)15-3-1-2-4-15/h5-8,12,14-15H,1-4,9-11H2. The molecule has 2 aromatic heterocycles. The van der Waals surface area contributed by atoms with Gasteiger partial charge in [0.25, 0.3) is 5.91 Å². The van der Waals surface area contributed by atoms with Gasteiger partial charge in [0.2, 0.25) is 0 Å². The summed E-state index contributed by atoms with van der Waals surface area (Å²) in [7, 11) is 0. The Kier molecular flexibility index (Phi) is 3.85. The van der Waals surface area contributed by atoms with Crippen molar-refractivity contribution < 1.29 is 9.21 Å². The number of carbonyl (C=O) groups is 1. The molecule has 5 heteroatoms. The normalized spacial score (nSPS) is 19.0. The molecule has 2 aliphatic rings. The topological polar surface area (TPSA) is 59.2 Å². The maximum absolute atomic E-state index is 12.6. The number of furan rings is 1. The van der Waals surface area contributed by atoms with E-state index < -0.39 is 0 Å². The zero-order chi connectivity index (χ0) is 15.6. The predicted molar refractivity (Wildman–Crippen MR) is 85.0 cm³/mol. The Morgan fingerprint density at radius 1 is 1.26 bits per heavy atom. The van der Waals surface area contributed by atoms with Gasteiger partial charge in [-0.1, -0.05) is 12.8 Å². The second kappa shape index (κ2) is 6.14. The molecule has 1 saturated carbocycles. The van der Waals surface area contributed by atoms with Gasteiger partial charge in [-0.2, -0.15) is 0 Å². The first-order valence-corrected chi connectivity index (χ1v) is 8.43. The highest BCUT2D eigenvalue weighted by Crippen LogP contribution is 2.32. The molecule has 0 aromatic carbocycles. The molecule has 23 heavy (non-hydrogen) atoms. The van der Waals surface area contributed by atoms with Crippen LogP contribution in [0.25, 0.3) is 0 Å². The molecule has 3 heterocycles. The summed E-state index contributed by atoms with van der Waals surface area (Å²) in [5.74, 6) is 1.85. The molecular weight excluding hydrogens is 290 g/mol. The quantitative estimate of drug-likeness (QED) is 0.871. The summed E-state index contributed by atoms with van der Waals surface area (Å²) in [6, 6.07) is 3.73. The van der Waals surface area contributed by atoms with Crippen molar-refractivity contribution in [2.24, 2.45) is 5.92 Å². The van der Waals surface area contributed by atoms with E-state index in [4.69, 9.17) is 4.42 Å². The zero-order valence-electron chi connectivity index (χ0n) is 13.1. The van der Waals surface area contributed by atoms with Crippen molar-refractivity contribution in [1.82, 2.24) is 14.9 Å². The number of likely N-dealkylation sites (tertiary alicyclic amines) is 1. The van der Waals surface area contributed by atoms with Gasteiger partial charge >= 0.3 is 0 Å². The third kappa shape index (κ3) is 3.00. The van der Waals surface area contributed by atoms with Crippen molar-refractivity contribution in [2.75, 3.05) is 13.1 Å². The Hall–Kier alpha value is -2.17. The molecule has 0 spiro atoms. The van der Waals surface area contributed by atoms with Gasteiger partial charge in [-0.3, -0.25) is 4.79 Å². The fourth-order valence-corrected chi connectivity index (χ4v) is 3.64. The van der Waals surface area contributed by atoms with E-state index in [9.17, 15) is 4.79 Å². The van der Waals surface area contributed by atoms with Crippen molar-refractivity contribution in [2.45, 2.75) is 38.0 Å². The van der Waals surface area contributed by atoms with Crippen molar-refractivity contribution in [1.29, 1.82) is 0 Å². The van der Waals surface area contributed by atoms with Gasteiger partial charge < -0.3 is 9.32 Å². The van der Waals surface area contributed by atoms with Gasteiger partial charge in [0, 0.05) is 25.2 Å². The smallest absolute Gasteiger partial charge is 0.272 e. The minimum Gasteiger partial charge on any atom is -0.472 e. The Bertz CT molecular complexity index is 671. The highest BCUT2D eigenvalue weighted by molar-refractivity contribution is 5.92. The van der Waals surface area contributed by atoms with Crippen LogP contribution >= 0.6 is 0 Å². The van der Waals surface area contributed by atoms with E-state index in [0.717, 1.165) is 38.2 Å². The van der Waals surface area contributed by atoms with Crippen LogP contribution < -0.4 is 0 Å². The van der Waals surface area contributed by atoms with Gasteiger partial charge in [-0.05, 0) is 42.9 Å². The minimum atomic E-state index is 0.0371. The molecule has 1 amide bonds. The molecule has 1 aliphatic heterocycles. The Morgan fingerprint density at radius 3 is 2.83 bits per heavy atom. The van der Waals surface area contributed by atoms with Crippen molar-refractivity contribution in [3.63, 3.8) is 0 Å². The van der Waals surface area contributed by atoms with E-state index in [2.05, 4.69) is 9.97 Å². The lowest BCUT2D eigenvalue weighted by atomic mass is 9.93. The largest absolute Gasteiger partial charge is 0.472 e. The van der Waals surface area contributed by atoms with Crippen LogP contribution in [0.3, 0.4) is 0 Å². The van der Waals surface area contributed by atoms with Crippen LogP contribution in [0.1, 0.15) is 53.5 Å². The lowest BCUT2D eigenvalue weighted by Gasteiger charge is -2.39. The average Bonchev–Trinajstić information content (AvgIpc) is 3.23. The second-order valence-corrected chi connectivity index (χ2v) is 6.69. The van der Waals surface area contributed by atoms with E-state index in [1.54, 1.807) is 24.8 Å². The van der Waals surface area contributed by atoms with Gasteiger partial charge in [0.1, 0.15) is 11.5 Å². The molecular formula is C18H21N3O2. The summed E-state index contributed by atoms with van der Waals surface area (Å²) in [4.78, 5) is 23.4. The van der Waals surface area contributed by atoms with Crippen molar-refractivity contribution >= 4 is 5.91 Å². The number of hydrogen-bond acceptors (Lipinski definition) is 4. The fraction of sp³-hybridized carbons (Fsp3) is 0.500. The molecule has 0 bridgehead atoms. The monoisotopic (exact) mass is 311 g/mol. The maximum Gasteiger partial charge on any atom is 0.272 e. The molecule has 1 aliphatic carbocycles. The van der Waals surface area contributed by atoms with Crippen LogP contribution in [0, 0.1) is 5.92 Å². The lowest BCUT2D eigenvalue weighted by Crippen LogP contribution is -2.50. The number of hydrogen-bond donors (Lipinski definition) is 0. The number of rotatable bonds is 4. The van der Waals surface area contributed by atoms with Crippen LogP contribution in [-0.2, 0) is 6.42 Å². The van der Waals surface area contributed by atoms with Crippen LogP contribution in [0.5, 0.6) is 0 Å². The highest BCUT2D eigenvalue weighted by atomic mass is 16.3. The van der Waals surface area contributed by atoms with E-state index in [1.807, 2.05) is 11.0 Å². The Morgan fingerprint density at radius 2 is 2.09 bits per heavy atom. The Labute approximate surface area is 135 Å². The van der Waals surface area contributed by atoms with Crippen LogP contribution in [0.2, 0.25) is 0 Å². The first-order chi connectivity index (χ1) is 11.3. The van der Waals surface area contributed by atoms with E-state index in [1.165, 1.54) is 18.4 Å². The Balaban J connectivity index is 1.37. The first kappa shape index (κ1) is 14.4. The predicted octanol–water partition coefficient (Wildman–Crippen LogP) is 3.04. The van der Waals surface area contributed by atoms with E-state index >= 15 is 0 Å². The van der Waals surface area contributed by atoms with Crippen LogP contribution in [-0.4, -0.2) is 33.9 Å². The van der Waals surface area contributed by atoms with Gasteiger partial charge in [-0.25, -0.2) is 9.97 Å². The minimum absolute atomic E-state index is 0.0371. The zero-order valence-corrected chi connectivity index (χ0v) is 13.1. The summed E-state index contributed by atoms with van der Waals surface area (Å²) >= 11 is 0. The summed E-state index contributed by atoms with van der Waals surface area (Å²) in [5.41, 5.74) is 1.75. The second-order valence-electron chi connectivity index (χ2n) is 6.69. The highest BCUT2D eigenvalue weighted by Gasteiger charge is 2.32. The third-order valence-electron chi connectivity index (χ3n) is 4.96. The molecule has 0 radical (unpaired) electrons. The maximum atomic E-state index is 12.6. The molecule has 120 valence electrons. The third-order valence-corrected chi connectivity index (χ3v) is 4.96. The van der Waals surface area contributed by atoms with Crippen LogP contribution in [0.15, 0.2) is 35.3 Å². The van der Waals surface area contributed by atoms with Gasteiger partial charge in [0.05, 0.1) is 12.5 Å². The molecule has 0 unspecified atom stereocenters. The molecule has 5 nitrogen and oxygen atoms in total. The number of carbonyl (C=O) groups excluding carboxylic acids is 1. The lowest BCUT2D eigenvalue weighted by molar-refractivity contribution is 0.0494. The summed E-state index contributed by atoms with van der Waals surface area (Å²) in [6.07, 6.45) is 11.0. The van der Waals surface area contributed by atoms with Gasteiger partial charge in [-0.15, -0.1) is 0 Å².